The second-order valence-corrected chi connectivity index (χ2v) is 6.89. The van der Waals surface area contributed by atoms with E-state index in [1.165, 1.54) is 26.1 Å². The van der Waals surface area contributed by atoms with Crippen LogP contribution in [0.1, 0.15) is 5.69 Å². The standard InChI is InChI=1S/C16H14F6N2O3S/c1-9-11(12(25)24(23(9)2)10-7-5-4-6-8-10)28-14(13(26)27-3,15(17,18)19)16(20,21)22/h4-8H,1-3H3. The molecule has 0 atom stereocenters. The van der Waals surface area contributed by atoms with Crippen molar-refractivity contribution in [1.29, 1.82) is 0 Å². The average Bonchev–Trinajstić information content (AvgIpc) is 2.80. The summed E-state index contributed by atoms with van der Waals surface area (Å²) in [6, 6.07) is 7.62. The first kappa shape index (κ1) is 21.9. The maximum Gasteiger partial charge on any atom is 0.423 e. The number of methoxy groups -OCH3 is 1. The lowest BCUT2D eigenvalue weighted by atomic mass is 10.1. The molecule has 0 aliphatic heterocycles. The molecule has 0 fully saturated rings. The highest BCUT2D eigenvalue weighted by atomic mass is 32.2. The van der Waals surface area contributed by atoms with Gasteiger partial charge in [-0.05, 0) is 19.1 Å². The zero-order valence-corrected chi connectivity index (χ0v) is 15.5. The number of ether oxygens (including phenoxy) is 1. The van der Waals surface area contributed by atoms with Crippen molar-refractivity contribution in [2.75, 3.05) is 7.11 Å². The minimum absolute atomic E-state index is 0.180. The molecule has 0 aliphatic carbocycles. The SMILES string of the molecule is COC(=O)C(Sc1c(C)n(C)n(-c2ccccc2)c1=O)(C(F)(F)F)C(F)(F)F. The summed E-state index contributed by atoms with van der Waals surface area (Å²) in [5, 5.41) is 0. The molecule has 0 unspecified atom stereocenters. The molecule has 12 heteroatoms. The maximum absolute atomic E-state index is 13.5. The van der Waals surface area contributed by atoms with Gasteiger partial charge in [-0.2, -0.15) is 26.3 Å². The fraction of sp³-hybridized carbons (Fsp3) is 0.375. The van der Waals surface area contributed by atoms with E-state index in [-0.39, 0.29) is 11.4 Å². The van der Waals surface area contributed by atoms with Crippen LogP contribution in [0.5, 0.6) is 0 Å². The summed E-state index contributed by atoms with van der Waals surface area (Å²) in [7, 11) is 1.71. The van der Waals surface area contributed by atoms with Gasteiger partial charge in [-0.25, -0.2) is 9.48 Å². The van der Waals surface area contributed by atoms with E-state index in [0.29, 0.717) is 7.11 Å². The first-order valence-electron chi connectivity index (χ1n) is 7.54. The topological polar surface area (TPSA) is 53.2 Å². The van der Waals surface area contributed by atoms with Gasteiger partial charge in [0.2, 0.25) is 0 Å². The molecular weight excluding hydrogens is 414 g/mol. The summed E-state index contributed by atoms with van der Waals surface area (Å²) >= 11 is -0.913. The molecule has 0 radical (unpaired) electrons. The van der Waals surface area contributed by atoms with E-state index in [1.807, 2.05) is 0 Å². The van der Waals surface area contributed by atoms with E-state index in [4.69, 9.17) is 0 Å². The maximum atomic E-state index is 13.5. The molecule has 0 bridgehead atoms. The highest BCUT2D eigenvalue weighted by Crippen LogP contribution is 2.55. The lowest BCUT2D eigenvalue weighted by molar-refractivity contribution is -0.264. The number of rotatable bonds is 4. The lowest BCUT2D eigenvalue weighted by Gasteiger charge is -2.33. The van der Waals surface area contributed by atoms with E-state index in [1.54, 1.807) is 18.2 Å². The molecule has 1 aromatic heterocycles. The van der Waals surface area contributed by atoms with E-state index in [2.05, 4.69) is 4.74 Å². The van der Waals surface area contributed by atoms with Gasteiger partial charge >= 0.3 is 23.1 Å². The Morgan fingerprint density at radius 1 is 1.04 bits per heavy atom. The molecule has 28 heavy (non-hydrogen) atoms. The zero-order chi connectivity index (χ0) is 21.5. The molecule has 2 rings (SSSR count). The number of nitrogens with zero attached hydrogens (tertiary/aromatic N) is 2. The molecule has 0 amide bonds. The number of para-hydroxylation sites is 1. The normalized spacial score (nSPS) is 12.9. The molecule has 5 nitrogen and oxygen atoms in total. The van der Waals surface area contributed by atoms with Crippen LogP contribution in [0.25, 0.3) is 5.69 Å². The number of aromatic nitrogens is 2. The van der Waals surface area contributed by atoms with Gasteiger partial charge < -0.3 is 4.74 Å². The zero-order valence-electron chi connectivity index (χ0n) is 14.7. The van der Waals surface area contributed by atoms with Crippen LogP contribution in [0.2, 0.25) is 0 Å². The molecule has 2 aromatic rings. The van der Waals surface area contributed by atoms with Crippen LogP contribution in [0.3, 0.4) is 0 Å². The second-order valence-electron chi connectivity index (χ2n) is 5.66. The van der Waals surface area contributed by atoms with E-state index >= 15 is 0 Å². The van der Waals surface area contributed by atoms with Crippen LogP contribution < -0.4 is 5.56 Å². The van der Waals surface area contributed by atoms with Gasteiger partial charge in [0.15, 0.2) is 0 Å². The third-order valence-electron chi connectivity index (χ3n) is 4.03. The molecule has 0 aliphatic rings. The minimum atomic E-state index is -6.07. The van der Waals surface area contributed by atoms with Gasteiger partial charge in [-0.15, -0.1) is 0 Å². The number of hydrogen-bond acceptors (Lipinski definition) is 4. The molecule has 0 saturated carbocycles. The van der Waals surface area contributed by atoms with Gasteiger partial charge in [-0.3, -0.25) is 9.48 Å². The Bertz CT molecular complexity index is 917. The van der Waals surface area contributed by atoms with E-state index < -0.39 is 45.3 Å². The average molecular weight is 428 g/mol. The summed E-state index contributed by atoms with van der Waals surface area (Å²) in [5.41, 5.74) is -1.08. The minimum Gasteiger partial charge on any atom is -0.467 e. The Balaban J connectivity index is 2.77. The van der Waals surface area contributed by atoms with Crippen molar-refractivity contribution in [3.8, 4) is 5.69 Å². The number of benzene rings is 1. The molecule has 154 valence electrons. The largest absolute Gasteiger partial charge is 0.467 e. The van der Waals surface area contributed by atoms with Crippen molar-refractivity contribution in [2.45, 2.75) is 28.9 Å². The molecule has 0 spiro atoms. The predicted octanol–water partition coefficient (Wildman–Crippen LogP) is 3.61. The van der Waals surface area contributed by atoms with Crippen LogP contribution in [0.15, 0.2) is 40.0 Å². The summed E-state index contributed by atoms with van der Waals surface area (Å²) in [5.74, 6) is -2.56. The predicted molar refractivity (Wildman–Crippen MR) is 88.5 cm³/mol. The van der Waals surface area contributed by atoms with Crippen LogP contribution in [-0.4, -0.2) is 39.5 Å². The van der Waals surface area contributed by atoms with Gasteiger partial charge in [-0.1, -0.05) is 30.0 Å². The first-order valence-corrected chi connectivity index (χ1v) is 8.36. The highest BCUT2D eigenvalue weighted by molar-refractivity contribution is 8.01. The first-order chi connectivity index (χ1) is 12.8. The monoisotopic (exact) mass is 428 g/mol. The lowest BCUT2D eigenvalue weighted by Crippen LogP contribution is -2.60. The van der Waals surface area contributed by atoms with E-state index in [9.17, 15) is 35.9 Å². The number of alkyl halides is 6. The third-order valence-corrected chi connectivity index (χ3v) is 5.64. The van der Waals surface area contributed by atoms with Gasteiger partial charge in [0.25, 0.3) is 5.56 Å². The van der Waals surface area contributed by atoms with Crippen LogP contribution in [-0.2, 0) is 16.6 Å². The fourth-order valence-corrected chi connectivity index (χ4v) is 3.67. The number of carbonyl (C=O) groups excluding carboxylic acids is 1. The summed E-state index contributed by atoms with van der Waals surface area (Å²) in [6.45, 7) is 1.18. The summed E-state index contributed by atoms with van der Waals surface area (Å²) in [6.07, 6.45) is -12.1. The fourth-order valence-electron chi connectivity index (χ4n) is 2.51. The quantitative estimate of drug-likeness (QED) is 0.424. The van der Waals surface area contributed by atoms with Crippen molar-refractivity contribution < 1.29 is 35.9 Å². The molecule has 1 heterocycles. The Kier molecular flexibility index (Phi) is 5.66. The summed E-state index contributed by atoms with van der Waals surface area (Å²) < 4.78 is 82.1. The Morgan fingerprint density at radius 2 is 1.54 bits per heavy atom. The van der Waals surface area contributed by atoms with Crippen molar-refractivity contribution >= 4 is 17.7 Å². The highest BCUT2D eigenvalue weighted by Gasteiger charge is 2.78. The smallest absolute Gasteiger partial charge is 0.423 e. The number of esters is 1. The number of hydrogen-bond donors (Lipinski definition) is 0. The Labute approximate surface area is 158 Å². The number of thioether (sulfide) groups is 1. The molecule has 0 N–H and O–H groups in total. The van der Waals surface area contributed by atoms with Gasteiger partial charge in [0.1, 0.15) is 0 Å². The van der Waals surface area contributed by atoms with Crippen molar-refractivity contribution in [1.82, 2.24) is 9.36 Å². The van der Waals surface area contributed by atoms with Crippen molar-refractivity contribution in [3.05, 3.63) is 46.4 Å². The van der Waals surface area contributed by atoms with Gasteiger partial charge in [0, 0.05) is 7.05 Å². The molecule has 1 aromatic carbocycles. The van der Waals surface area contributed by atoms with Crippen molar-refractivity contribution in [2.24, 2.45) is 7.05 Å². The van der Waals surface area contributed by atoms with Crippen LogP contribution in [0.4, 0.5) is 26.3 Å². The van der Waals surface area contributed by atoms with Crippen LogP contribution >= 0.6 is 11.8 Å². The second kappa shape index (κ2) is 7.22. The van der Waals surface area contributed by atoms with Crippen LogP contribution in [0, 0.1) is 6.92 Å². The number of halogens is 6. The Morgan fingerprint density at radius 3 is 1.96 bits per heavy atom. The Hall–Kier alpha value is -2.37. The molecular formula is C16H14F6N2O3S. The van der Waals surface area contributed by atoms with Crippen molar-refractivity contribution in [3.63, 3.8) is 0 Å². The summed E-state index contributed by atoms with van der Waals surface area (Å²) in [4.78, 5) is 23.5. The van der Waals surface area contributed by atoms with E-state index in [0.717, 1.165) is 9.36 Å². The number of carbonyl (C=O) groups is 1. The molecule has 0 saturated heterocycles. The van der Waals surface area contributed by atoms with Gasteiger partial charge in [0.05, 0.1) is 23.4 Å². The third kappa shape index (κ3) is 3.29.